The molecular formula is C18H29N3O. The highest BCUT2D eigenvalue weighted by Gasteiger charge is 2.27. The molecule has 1 aromatic rings. The van der Waals surface area contributed by atoms with Crippen molar-refractivity contribution in [1.29, 1.82) is 0 Å². The zero-order valence-corrected chi connectivity index (χ0v) is 13.8. The summed E-state index contributed by atoms with van der Waals surface area (Å²) in [6.45, 7) is 8.04. The largest absolute Gasteiger partial charge is 0.352 e. The van der Waals surface area contributed by atoms with Crippen LogP contribution in [0.1, 0.15) is 44.2 Å². The van der Waals surface area contributed by atoms with E-state index in [0.717, 1.165) is 38.9 Å². The van der Waals surface area contributed by atoms with Gasteiger partial charge >= 0.3 is 0 Å². The molecule has 2 atom stereocenters. The summed E-state index contributed by atoms with van der Waals surface area (Å²) in [5.41, 5.74) is 8.35. The Labute approximate surface area is 134 Å². The number of rotatable bonds is 7. The van der Waals surface area contributed by atoms with Gasteiger partial charge < -0.3 is 11.1 Å². The number of hydrogen-bond donors (Lipinski definition) is 2. The summed E-state index contributed by atoms with van der Waals surface area (Å²) in [4.78, 5) is 14.5. The zero-order chi connectivity index (χ0) is 15.9. The average Bonchev–Trinajstić information content (AvgIpc) is 2.97. The molecule has 1 saturated carbocycles. The Morgan fingerprint density at radius 2 is 2.00 bits per heavy atom. The molecule has 0 saturated heterocycles. The van der Waals surface area contributed by atoms with E-state index >= 15 is 0 Å². The van der Waals surface area contributed by atoms with Crippen LogP contribution in [0.25, 0.3) is 0 Å². The number of carbonyl (C=O) groups is 1. The van der Waals surface area contributed by atoms with Crippen LogP contribution in [-0.4, -0.2) is 29.9 Å². The van der Waals surface area contributed by atoms with Crippen molar-refractivity contribution in [2.24, 2.45) is 11.7 Å². The van der Waals surface area contributed by atoms with Crippen molar-refractivity contribution in [2.75, 3.05) is 13.1 Å². The SMILES string of the molecule is CCN(CC)Cc1cccc(CNC(=O)C2CCC(N)C2)c1. The third-order valence-electron chi connectivity index (χ3n) is 4.60. The summed E-state index contributed by atoms with van der Waals surface area (Å²) in [7, 11) is 0. The van der Waals surface area contributed by atoms with Gasteiger partial charge in [0.2, 0.25) is 5.91 Å². The lowest BCUT2D eigenvalue weighted by atomic mass is 10.1. The van der Waals surface area contributed by atoms with Crippen LogP contribution in [0.4, 0.5) is 0 Å². The van der Waals surface area contributed by atoms with Crippen molar-refractivity contribution in [3.8, 4) is 0 Å². The van der Waals surface area contributed by atoms with Crippen molar-refractivity contribution >= 4 is 5.91 Å². The fraction of sp³-hybridized carbons (Fsp3) is 0.611. The molecule has 1 fully saturated rings. The Morgan fingerprint density at radius 3 is 2.64 bits per heavy atom. The van der Waals surface area contributed by atoms with Crippen LogP contribution in [0.3, 0.4) is 0 Å². The minimum atomic E-state index is 0.105. The second-order valence-corrected chi connectivity index (χ2v) is 6.27. The molecule has 122 valence electrons. The van der Waals surface area contributed by atoms with Crippen LogP contribution in [0.15, 0.2) is 24.3 Å². The number of nitrogens with one attached hydrogen (secondary N) is 1. The second kappa shape index (κ2) is 8.30. The summed E-state index contributed by atoms with van der Waals surface area (Å²) in [5.74, 6) is 0.260. The number of benzene rings is 1. The van der Waals surface area contributed by atoms with Crippen molar-refractivity contribution in [2.45, 2.75) is 52.2 Å². The standard InChI is InChI=1S/C18H29N3O/c1-3-21(4-2)13-15-7-5-6-14(10-15)12-20-18(22)16-8-9-17(19)11-16/h5-7,10,16-17H,3-4,8-9,11-13,19H2,1-2H3,(H,20,22). The van der Waals surface area contributed by atoms with Crippen molar-refractivity contribution < 1.29 is 4.79 Å². The highest BCUT2D eigenvalue weighted by molar-refractivity contribution is 5.79. The molecule has 0 heterocycles. The molecule has 2 unspecified atom stereocenters. The Hall–Kier alpha value is -1.39. The number of carbonyl (C=O) groups excluding carboxylic acids is 1. The molecule has 2 rings (SSSR count). The van der Waals surface area contributed by atoms with Crippen LogP contribution >= 0.6 is 0 Å². The molecule has 0 radical (unpaired) electrons. The van der Waals surface area contributed by atoms with Gasteiger partial charge in [0.15, 0.2) is 0 Å². The molecule has 0 aromatic heterocycles. The molecule has 3 N–H and O–H groups in total. The first-order valence-electron chi connectivity index (χ1n) is 8.45. The van der Waals surface area contributed by atoms with Gasteiger partial charge in [0, 0.05) is 25.0 Å². The number of hydrogen-bond acceptors (Lipinski definition) is 3. The first-order chi connectivity index (χ1) is 10.6. The molecule has 4 nitrogen and oxygen atoms in total. The molecule has 0 spiro atoms. The Bertz CT molecular complexity index is 485. The van der Waals surface area contributed by atoms with Crippen LogP contribution < -0.4 is 11.1 Å². The highest BCUT2D eigenvalue weighted by atomic mass is 16.1. The lowest BCUT2D eigenvalue weighted by Gasteiger charge is -2.18. The highest BCUT2D eigenvalue weighted by Crippen LogP contribution is 2.24. The van der Waals surface area contributed by atoms with Crippen LogP contribution in [0, 0.1) is 5.92 Å². The number of nitrogens with two attached hydrogens (primary N) is 1. The first kappa shape index (κ1) is 17.0. The minimum absolute atomic E-state index is 0.105. The first-order valence-corrected chi connectivity index (χ1v) is 8.45. The molecule has 1 amide bonds. The van der Waals surface area contributed by atoms with E-state index in [0.29, 0.717) is 6.54 Å². The van der Waals surface area contributed by atoms with Gasteiger partial charge in [0.05, 0.1) is 0 Å². The van der Waals surface area contributed by atoms with Gasteiger partial charge in [0.25, 0.3) is 0 Å². The maximum absolute atomic E-state index is 12.1. The summed E-state index contributed by atoms with van der Waals surface area (Å²) >= 11 is 0. The lowest BCUT2D eigenvalue weighted by Crippen LogP contribution is -2.30. The normalized spacial score (nSPS) is 21.3. The molecule has 0 aliphatic heterocycles. The quantitative estimate of drug-likeness (QED) is 0.812. The fourth-order valence-corrected chi connectivity index (χ4v) is 3.13. The van der Waals surface area contributed by atoms with Crippen LogP contribution in [0.2, 0.25) is 0 Å². The number of nitrogens with zero attached hydrogens (tertiary/aromatic N) is 1. The molecule has 1 aliphatic rings. The Kier molecular flexibility index (Phi) is 6.40. The maximum Gasteiger partial charge on any atom is 0.223 e. The predicted octanol–water partition coefficient (Wildman–Crippen LogP) is 2.27. The molecule has 1 aromatic carbocycles. The Morgan fingerprint density at radius 1 is 1.27 bits per heavy atom. The third kappa shape index (κ3) is 4.82. The van der Waals surface area contributed by atoms with Gasteiger partial charge in [0.1, 0.15) is 0 Å². The zero-order valence-electron chi connectivity index (χ0n) is 13.8. The summed E-state index contributed by atoms with van der Waals surface area (Å²) < 4.78 is 0. The van der Waals surface area contributed by atoms with Crippen LogP contribution in [0.5, 0.6) is 0 Å². The molecule has 1 aliphatic carbocycles. The van der Waals surface area contributed by atoms with Crippen molar-refractivity contribution in [1.82, 2.24) is 10.2 Å². The average molecular weight is 303 g/mol. The maximum atomic E-state index is 12.1. The summed E-state index contributed by atoms with van der Waals surface area (Å²) in [5, 5.41) is 3.06. The van der Waals surface area contributed by atoms with Gasteiger partial charge in [-0.1, -0.05) is 38.1 Å². The smallest absolute Gasteiger partial charge is 0.223 e. The van der Waals surface area contributed by atoms with Crippen molar-refractivity contribution in [3.05, 3.63) is 35.4 Å². The van der Waals surface area contributed by atoms with Gasteiger partial charge in [-0.3, -0.25) is 9.69 Å². The lowest BCUT2D eigenvalue weighted by molar-refractivity contribution is -0.125. The van der Waals surface area contributed by atoms with E-state index in [4.69, 9.17) is 5.73 Å². The Balaban J connectivity index is 1.86. The van der Waals surface area contributed by atoms with Gasteiger partial charge in [-0.25, -0.2) is 0 Å². The van der Waals surface area contributed by atoms with E-state index in [1.54, 1.807) is 0 Å². The summed E-state index contributed by atoms with van der Waals surface area (Å²) in [6, 6.07) is 8.70. The van der Waals surface area contributed by atoms with E-state index in [1.807, 2.05) is 0 Å². The summed E-state index contributed by atoms with van der Waals surface area (Å²) in [6.07, 6.45) is 2.72. The topological polar surface area (TPSA) is 58.4 Å². The van der Waals surface area contributed by atoms with E-state index in [9.17, 15) is 4.79 Å². The monoisotopic (exact) mass is 303 g/mol. The molecule has 0 bridgehead atoms. The van der Waals surface area contributed by atoms with Gasteiger partial charge in [-0.05, 0) is 43.5 Å². The predicted molar refractivity (Wildman–Crippen MR) is 90.2 cm³/mol. The molecular weight excluding hydrogens is 274 g/mol. The van der Waals surface area contributed by atoms with E-state index < -0.39 is 0 Å². The van der Waals surface area contributed by atoms with Crippen LogP contribution in [-0.2, 0) is 17.9 Å². The minimum Gasteiger partial charge on any atom is -0.352 e. The third-order valence-corrected chi connectivity index (χ3v) is 4.60. The molecule has 4 heteroatoms. The second-order valence-electron chi connectivity index (χ2n) is 6.27. The number of amides is 1. The fourth-order valence-electron chi connectivity index (χ4n) is 3.13. The van der Waals surface area contributed by atoms with E-state index in [2.05, 4.69) is 48.3 Å². The van der Waals surface area contributed by atoms with E-state index in [1.165, 1.54) is 11.1 Å². The van der Waals surface area contributed by atoms with Crippen molar-refractivity contribution in [3.63, 3.8) is 0 Å². The molecule has 22 heavy (non-hydrogen) atoms. The van der Waals surface area contributed by atoms with E-state index in [-0.39, 0.29) is 17.9 Å². The van der Waals surface area contributed by atoms with Gasteiger partial charge in [-0.15, -0.1) is 0 Å². The van der Waals surface area contributed by atoms with Gasteiger partial charge in [-0.2, -0.15) is 0 Å².